The van der Waals surface area contributed by atoms with Crippen LogP contribution < -0.4 is 10.6 Å². The van der Waals surface area contributed by atoms with Gasteiger partial charge >= 0.3 is 0 Å². The van der Waals surface area contributed by atoms with E-state index in [-0.39, 0.29) is 18.5 Å². The van der Waals surface area contributed by atoms with E-state index in [2.05, 4.69) is 26.6 Å². The Morgan fingerprint density at radius 2 is 1.75 bits per heavy atom. The summed E-state index contributed by atoms with van der Waals surface area (Å²) in [6, 6.07) is 17.6. The number of rotatable bonds is 5. The number of carbonyl (C=O) groups is 1. The second kappa shape index (κ2) is 7.22. The Morgan fingerprint density at radius 3 is 2.45 bits per heavy atom. The van der Waals surface area contributed by atoms with E-state index in [4.69, 9.17) is 0 Å². The highest BCUT2D eigenvalue weighted by atomic mass is 79.9. The molecule has 2 aromatic rings. The summed E-state index contributed by atoms with van der Waals surface area (Å²) in [5.74, 6) is -0.0462. The Hall–Kier alpha value is -1.65. The average Bonchev–Trinajstić information content (AvgIpc) is 2.46. The van der Waals surface area contributed by atoms with Gasteiger partial charge < -0.3 is 10.6 Å². The number of nitrogens with one attached hydrogen (secondary N) is 2. The summed E-state index contributed by atoms with van der Waals surface area (Å²) in [5, 5.41) is 6.07. The van der Waals surface area contributed by atoms with Gasteiger partial charge in [0.2, 0.25) is 5.91 Å². The summed E-state index contributed by atoms with van der Waals surface area (Å²) in [7, 11) is 0. The third-order valence-corrected chi connectivity index (χ3v) is 3.72. The molecule has 2 aromatic carbocycles. The maximum absolute atomic E-state index is 11.8. The van der Waals surface area contributed by atoms with Crippen LogP contribution in [0.3, 0.4) is 0 Å². The van der Waals surface area contributed by atoms with Crippen molar-refractivity contribution in [3.05, 3.63) is 64.6 Å². The van der Waals surface area contributed by atoms with Crippen molar-refractivity contribution in [3.63, 3.8) is 0 Å². The number of hydrogen-bond donors (Lipinski definition) is 2. The van der Waals surface area contributed by atoms with Crippen molar-refractivity contribution in [1.29, 1.82) is 0 Å². The van der Waals surface area contributed by atoms with Crippen LogP contribution in [0.15, 0.2) is 59.1 Å². The van der Waals surface area contributed by atoms with Crippen molar-refractivity contribution in [3.8, 4) is 0 Å². The lowest BCUT2D eigenvalue weighted by atomic mass is 10.1. The predicted molar refractivity (Wildman–Crippen MR) is 85.6 cm³/mol. The minimum absolute atomic E-state index is 0.0462. The molecule has 0 aliphatic rings. The number of halogens is 1. The van der Waals surface area contributed by atoms with Gasteiger partial charge in [0.25, 0.3) is 0 Å². The van der Waals surface area contributed by atoms with E-state index >= 15 is 0 Å². The molecule has 0 heterocycles. The lowest BCUT2D eigenvalue weighted by Gasteiger charge is -2.15. The highest BCUT2D eigenvalue weighted by Gasteiger charge is 2.10. The summed E-state index contributed by atoms with van der Waals surface area (Å²) in [5.41, 5.74) is 1.95. The van der Waals surface area contributed by atoms with Crippen LogP contribution in [0.5, 0.6) is 0 Å². The second-order valence-corrected chi connectivity index (χ2v) is 5.39. The molecule has 0 saturated carbocycles. The van der Waals surface area contributed by atoms with Crippen LogP contribution in [-0.4, -0.2) is 12.5 Å². The molecule has 3 nitrogen and oxygen atoms in total. The van der Waals surface area contributed by atoms with Gasteiger partial charge in [0.1, 0.15) is 0 Å². The lowest BCUT2D eigenvalue weighted by Crippen LogP contribution is -2.30. The van der Waals surface area contributed by atoms with E-state index in [9.17, 15) is 4.79 Å². The molecule has 20 heavy (non-hydrogen) atoms. The molecular formula is C16H17BrN2O. The fraction of sp³-hybridized carbons (Fsp3) is 0.188. The first-order valence-corrected chi connectivity index (χ1v) is 7.29. The van der Waals surface area contributed by atoms with Crippen molar-refractivity contribution in [2.24, 2.45) is 0 Å². The van der Waals surface area contributed by atoms with E-state index in [1.165, 1.54) is 0 Å². The second-order valence-electron chi connectivity index (χ2n) is 4.54. The Labute approximate surface area is 127 Å². The van der Waals surface area contributed by atoms with Gasteiger partial charge in [-0.25, -0.2) is 0 Å². The highest BCUT2D eigenvalue weighted by Crippen LogP contribution is 2.22. The molecule has 0 spiro atoms. The van der Waals surface area contributed by atoms with Crippen molar-refractivity contribution in [2.45, 2.75) is 13.0 Å². The molecule has 1 atom stereocenters. The van der Waals surface area contributed by atoms with Crippen molar-refractivity contribution >= 4 is 27.5 Å². The zero-order chi connectivity index (χ0) is 14.4. The zero-order valence-electron chi connectivity index (χ0n) is 11.3. The Balaban J connectivity index is 1.86. The van der Waals surface area contributed by atoms with Gasteiger partial charge in [0.15, 0.2) is 0 Å². The molecule has 0 fully saturated rings. The number of para-hydroxylation sites is 1. The SMILES string of the molecule is C[C@H](NCC(=O)Nc1ccccc1)c1ccccc1Br. The minimum Gasteiger partial charge on any atom is -0.325 e. The first kappa shape index (κ1) is 14.8. The van der Waals surface area contributed by atoms with Crippen LogP contribution in [0.25, 0.3) is 0 Å². The molecular weight excluding hydrogens is 316 g/mol. The molecule has 4 heteroatoms. The van der Waals surface area contributed by atoms with Crippen LogP contribution >= 0.6 is 15.9 Å². The molecule has 0 aliphatic carbocycles. The lowest BCUT2D eigenvalue weighted by molar-refractivity contribution is -0.115. The quantitative estimate of drug-likeness (QED) is 0.875. The molecule has 2 N–H and O–H groups in total. The van der Waals surface area contributed by atoms with Gasteiger partial charge in [-0.1, -0.05) is 52.3 Å². The van der Waals surface area contributed by atoms with E-state index in [0.29, 0.717) is 0 Å². The van der Waals surface area contributed by atoms with Crippen LogP contribution in [0.1, 0.15) is 18.5 Å². The van der Waals surface area contributed by atoms with Crippen molar-refractivity contribution in [1.82, 2.24) is 5.32 Å². The summed E-state index contributed by atoms with van der Waals surface area (Å²) < 4.78 is 1.04. The maximum atomic E-state index is 11.8. The first-order chi connectivity index (χ1) is 9.66. The standard InChI is InChI=1S/C16H17BrN2O/c1-12(14-9-5-6-10-15(14)17)18-11-16(20)19-13-7-3-2-4-8-13/h2-10,12,18H,11H2,1H3,(H,19,20)/t12-/m0/s1. The minimum atomic E-state index is -0.0462. The van der Waals surface area contributed by atoms with Crippen molar-refractivity contribution < 1.29 is 4.79 Å². The molecule has 1 amide bonds. The van der Waals surface area contributed by atoms with Crippen molar-refractivity contribution in [2.75, 3.05) is 11.9 Å². The highest BCUT2D eigenvalue weighted by molar-refractivity contribution is 9.10. The largest absolute Gasteiger partial charge is 0.325 e. The van der Waals surface area contributed by atoms with Crippen LogP contribution in [0.4, 0.5) is 5.69 Å². The normalized spacial score (nSPS) is 11.9. The first-order valence-electron chi connectivity index (χ1n) is 6.49. The summed E-state index contributed by atoms with van der Waals surface area (Å²) in [6.07, 6.45) is 0. The number of benzene rings is 2. The van der Waals surface area contributed by atoms with E-state index in [1.807, 2.05) is 61.5 Å². The molecule has 0 aromatic heterocycles. The Kier molecular flexibility index (Phi) is 5.32. The predicted octanol–water partition coefficient (Wildman–Crippen LogP) is 3.74. The molecule has 0 unspecified atom stereocenters. The summed E-state index contributed by atoms with van der Waals surface area (Å²) >= 11 is 3.52. The Bertz CT molecular complexity index is 572. The topological polar surface area (TPSA) is 41.1 Å². The fourth-order valence-corrected chi connectivity index (χ4v) is 2.54. The van der Waals surface area contributed by atoms with Crippen LogP contribution in [0.2, 0.25) is 0 Å². The monoisotopic (exact) mass is 332 g/mol. The molecule has 0 bridgehead atoms. The molecule has 0 aliphatic heterocycles. The van der Waals surface area contributed by atoms with E-state index in [0.717, 1.165) is 15.7 Å². The number of amides is 1. The average molecular weight is 333 g/mol. The van der Waals surface area contributed by atoms with Gasteiger partial charge in [-0.2, -0.15) is 0 Å². The smallest absolute Gasteiger partial charge is 0.238 e. The Morgan fingerprint density at radius 1 is 1.10 bits per heavy atom. The van der Waals surface area contributed by atoms with Gasteiger partial charge in [0.05, 0.1) is 6.54 Å². The number of anilines is 1. The van der Waals surface area contributed by atoms with E-state index < -0.39 is 0 Å². The van der Waals surface area contributed by atoms with Gasteiger partial charge in [-0.15, -0.1) is 0 Å². The maximum Gasteiger partial charge on any atom is 0.238 e. The van der Waals surface area contributed by atoms with E-state index in [1.54, 1.807) is 0 Å². The molecule has 2 rings (SSSR count). The van der Waals surface area contributed by atoms with Crippen LogP contribution in [0, 0.1) is 0 Å². The van der Waals surface area contributed by atoms with Crippen LogP contribution in [-0.2, 0) is 4.79 Å². The number of hydrogen-bond acceptors (Lipinski definition) is 2. The summed E-state index contributed by atoms with van der Waals surface area (Å²) in [6.45, 7) is 2.31. The van der Waals surface area contributed by atoms with Gasteiger partial charge in [-0.05, 0) is 30.7 Å². The molecule has 0 radical (unpaired) electrons. The molecule has 0 saturated heterocycles. The third-order valence-electron chi connectivity index (χ3n) is 3.00. The third kappa shape index (κ3) is 4.18. The number of carbonyl (C=O) groups excluding carboxylic acids is 1. The fourth-order valence-electron chi connectivity index (χ4n) is 1.91. The molecule has 104 valence electrons. The van der Waals surface area contributed by atoms with Gasteiger partial charge in [0, 0.05) is 16.2 Å². The van der Waals surface area contributed by atoms with Gasteiger partial charge in [-0.3, -0.25) is 4.79 Å². The summed E-state index contributed by atoms with van der Waals surface area (Å²) in [4.78, 5) is 11.8. The zero-order valence-corrected chi connectivity index (χ0v) is 12.9.